The Morgan fingerprint density at radius 2 is 1.62 bits per heavy atom. The lowest BCUT2D eigenvalue weighted by molar-refractivity contribution is -0.146. The molecule has 0 aromatic rings. The quantitative estimate of drug-likeness (QED) is 0.750. The van der Waals surface area contributed by atoms with Gasteiger partial charge in [0.1, 0.15) is 5.60 Å². The summed E-state index contributed by atoms with van der Waals surface area (Å²) >= 11 is 0. The van der Waals surface area contributed by atoms with Gasteiger partial charge in [-0.15, -0.1) is 0 Å². The SMILES string of the molecule is COC(=O)C1CCC(N(C(=O)OC(C)(C)C)C(C)C)CC1. The number of esters is 1. The third-order valence-corrected chi connectivity index (χ3v) is 3.79. The predicted octanol–water partition coefficient (Wildman–Crippen LogP) is 3.36. The summed E-state index contributed by atoms with van der Waals surface area (Å²) in [6, 6.07) is 0.222. The molecule has 1 rings (SSSR count). The van der Waals surface area contributed by atoms with E-state index in [0.29, 0.717) is 0 Å². The van der Waals surface area contributed by atoms with Crippen LogP contribution in [-0.4, -0.2) is 41.8 Å². The fourth-order valence-electron chi connectivity index (χ4n) is 2.85. The van der Waals surface area contributed by atoms with Crippen LogP contribution in [0.3, 0.4) is 0 Å². The summed E-state index contributed by atoms with van der Waals surface area (Å²) in [7, 11) is 1.43. The van der Waals surface area contributed by atoms with E-state index in [1.807, 2.05) is 39.5 Å². The molecular formula is C16H29NO4. The Morgan fingerprint density at radius 1 is 1.10 bits per heavy atom. The van der Waals surface area contributed by atoms with Crippen molar-refractivity contribution in [2.75, 3.05) is 7.11 Å². The number of carbonyl (C=O) groups is 2. The summed E-state index contributed by atoms with van der Waals surface area (Å²) in [5, 5.41) is 0. The highest BCUT2D eigenvalue weighted by Crippen LogP contribution is 2.30. The number of hydrogen-bond donors (Lipinski definition) is 0. The maximum atomic E-state index is 12.4. The van der Waals surface area contributed by atoms with Crippen molar-refractivity contribution < 1.29 is 19.1 Å². The first-order valence-electron chi connectivity index (χ1n) is 7.75. The molecule has 0 saturated heterocycles. The number of hydrogen-bond acceptors (Lipinski definition) is 4. The van der Waals surface area contributed by atoms with E-state index < -0.39 is 5.60 Å². The summed E-state index contributed by atoms with van der Waals surface area (Å²) in [6.07, 6.45) is 2.90. The molecule has 5 heteroatoms. The number of methoxy groups -OCH3 is 1. The van der Waals surface area contributed by atoms with Gasteiger partial charge in [0.15, 0.2) is 0 Å². The molecule has 0 N–H and O–H groups in total. The van der Waals surface area contributed by atoms with Crippen LogP contribution in [-0.2, 0) is 14.3 Å². The van der Waals surface area contributed by atoms with Gasteiger partial charge >= 0.3 is 12.1 Å². The van der Waals surface area contributed by atoms with Gasteiger partial charge in [0, 0.05) is 12.1 Å². The van der Waals surface area contributed by atoms with Crippen molar-refractivity contribution in [3.63, 3.8) is 0 Å². The lowest BCUT2D eigenvalue weighted by atomic mass is 9.85. The molecule has 21 heavy (non-hydrogen) atoms. The van der Waals surface area contributed by atoms with Crippen molar-refractivity contribution in [1.29, 1.82) is 0 Å². The summed E-state index contributed by atoms with van der Waals surface area (Å²) < 4.78 is 10.3. The molecule has 122 valence electrons. The van der Waals surface area contributed by atoms with E-state index in [4.69, 9.17) is 9.47 Å². The van der Waals surface area contributed by atoms with Crippen molar-refractivity contribution in [2.45, 2.75) is 78.0 Å². The molecule has 0 aromatic heterocycles. The lowest BCUT2D eigenvalue weighted by Gasteiger charge is -2.39. The second-order valence-electron chi connectivity index (χ2n) is 7.01. The molecular weight excluding hydrogens is 270 g/mol. The highest BCUT2D eigenvalue weighted by atomic mass is 16.6. The molecule has 0 spiro atoms. The van der Waals surface area contributed by atoms with Gasteiger partial charge in [-0.2, -0.15) is 0 Å². The van der Waals surface area contributed by atoms with Crippen molar-refractivity contribution in [1.82, 2.24) is 4.90 Å². The Balaban J connectivity index is 2.67. The van der Waals surface area contributed by atoms with Gasteiger partial charge in [-0.3, -0.25) is 4.79 Å². The number of rotatable bonds is 3. The number of nitrogens with zero attached hydrogens (tertiary/aromatic N) is 1. The molecule has 0 aliphatic heterocycles. The Bertz CT molecular complexity index is 365. The molecule has 0 bridgehead atoms. The fraction of sp³-hybridized carbons (Fsp3) is 0.875. The molecule has 0 atom stereocenters. The molecule has 1 aliphatic rings. The van der Waals surface area contributed by atoms with Gasteiger partial charge in [0.05, 0.1) is 13.0 Å². The average Bonchev–Trinajstić information content (AvgIpc) is 2.36. The van der Waals surface area contributed by atoms with Gasteiger partial charge in [0.25, 0.3) is 0 Å². The van der Waals surface area contributed by atoms with Crippen molar-refractivity contribution in [3.05, 3.63) is 0 Å². The second kappa shape index (κ2) is 7.14. The average molecular weight is 299 g/mol. The standard InChI is InChI=1S/C16H29NO4/c1-11(2)17(15(19)21-16(3,4)5)13-9-7-12(8-10-13)14(18)20-6/h11-13H,7-10H2,1-6H3. The molecule has 0 radical (unpaired) electrons. The van der Waals surface area contributed by atoms with Gasteiger partial charge in [0.2, 0.25) is 0 Å². The van der Waals surface area contributed by atoms with Crippen LogP contribution in [0.2, 0.25) is 0 Å². The first-order chi connectivity index (χ1) is 9.65. The van der Waals surface area contributed by atoms with E-state index >= 15 is 0 Å². The van der Waals surface area contributed by atoms with Crippen molar-refractivity contribution >= 4 is 12.1 Å². The Labute approximate surface area is 128 Å². The molecule has 0 aromatic carbocycles. The van der Waals surface area contributed by atoms with Crippen LogP contribution in [0.15, 0.2) is 0 Å². The van der Waals surface area contributed by atoms with Crippen LogP contribution < -0.4 is 0 Å². The van der Waals surface area contributed by atoms with Crippen LogP contribution in [0.25, 0.3) is 0 Å². The van der Waals surface area contributed by atoms with E-state index in [2.05, 4.69) is 0 Å². The monoisotopic (exact) mass is 299 g/mol. The van der Waals surface area contributed by atoms with Crippen LogP contribution in [0.4, 0.5) is 4.79 Å². The highest BCUT2D eigenvalue weighted by molar-refractivity contribution is 5.72. The van der Waals surface area contributed by atoms with Crippen molar-refractivity contribution in [2.24, 2.45) is 5.92 Å². The van der Waals surface area contributed by atoms with E-state index in [-0.39, 0.29) is 30.1 Å². The summed E-state index contributed by atoms with van der Waals surface area (Å²) in [5.74, 6) is -0.166. The summed E-state index contributed by atoms with van der Waals surface area (Å²) in [5.41, 5.74) is -0.493. The Kier molecular flexibility index (Phi) is 6.05. The Hall–Kier alpha value is -1.26. The van der Waals surface area contributed by atoms with Gasteiger partial charge < -0.3 is 14.4 Å². The fourth-order valence-corrected chi connectivity index (χ4v) is 2.85. The van der Waals surface area contributed by atoms with E-state index in [9.17, 15) is 9.59 Å². The first kappa shape index (κ1) is 17.8. The molecule has 1 fully saturated rings. The topological polar surface area (TPSA) is 55.8 Å². The van der Waals surface area contributed by atoms with Crippen molar-refractivity contribution in [3.8, 4) is 0 Å². The largest absolute Gasteiger partial charge is 0.469 e. The van der Waals surface area contributed by atoms with Gasteiger partial charge in [-0.05, 0) is 60.3 Å². The Morgan fingerprint density at radius 3 is 2.00 bits per heavy atom. The zero-order chi connectivity index (χ0) is 16.2. The molecule has 0 heterocycles. The predicted molar refractivity (Wildman–Crippen MR) is 81.0 cm³/mol. The zero-order valence-electron chi connectivity index (χ0n) is 14.1. The van der Waals surface area contributed by atoms with Crippen LogP contribution in [0.5, 0.6) is 0 Å². The summed E-state index contributed by atoms with van der Waals surface area (Å²) in [6.45, 7) is 9.61. The smallest absolute Gasteiger partial charge is 0.410 e. The van der Waals surface area contributed by atoms with Gasteiger partial charge in [-0.1, -0.05) is 0 Å². The zero-order valence-corrected chi connectivity index (χ0v) is 14.1. The normalized spacial score (nSPS) is 22.8. The van der Waals surface area contributed by atoms with E-state index in [0.717, 1.165) is 25.7 Å². The van der Waals surface area contributed by atoms with Crippen LogP contribution in [0, 0.1) is 5.92 Å². The number of carbonyl (C=O) groups excluding carboxylic acids is 2. The molecule has 1 saturated carbocycles. The maximum absolute atomic E-state index is 12.4. The minimum atomic E-state index is -0.493. The van der Waals surface area contributed by atoms with E-state index in [1.165, 1.54) is 7.11 Å². The third-order valence-electron chi connectivity index (χ3n) is 3.79. The lowest BCUT2D eigenvalue weighted by Crippen LogP contribution is -2.48. The molecule has 1 amide bonds. The molecule has 1 aliphatic carbocycles. The minimum absolute atomic E-state index is 0.0288. The third kappa shape index (κ3) is 5.21. The van der Waals surface area contributed by atoms with Crippen LogP contribution >= 0.6 is 0 Å². The molecule has 5 nitrogen and oxygen atoms in total. The van der Waals surface area contributed by atoms with E-state index in [1.54, 1.807) is 0 Å². The molecule has 0 unspecified atom stereocenters. The maximum Gasteiger partial charge on any atom is 0.410 e. The highest BCUT2D eigenvalue weighted by Gasteiger charge is 2.35. The van der Waals surface area contributed by atoms with Crippen LogP contribution in [0.1, 0.15) is 60.3 Å². The second-order valence-corrected chi connectivity index (χ2v) is 7.01. The minimum Gasteiger partial charge on any atom is -0.469 e. The van der Waals surface area contributed by atoms with Gasteiger partial charge in [-0.25, -0.2) is 4.79 Å². The first-order valence-corrected chi connectivity index (χ1v) is 7.75. The number of amides is 1. The summed E-state index contributed by atoms with van der Waals surface area (Å²) in [4.78, 5) is 25.8. The number of ether oxygens (including phenoxy) is 2.